The molecule has 18 heavy (non-hydrogen) atoms. The molecule has 1 aliphatic rings. The van der Waals surface area contributed by atoms with Crippen LogP contribution in [0.1, 0.15) is 37.5 Å². The number of nitrogens with zero attached hydrogens (tertiary/aromatic N) is 1. The standard InChI is InChI=1S/C13H16ClNO2S/c1-13(2,3)18(16)15-6-9-4-11(14)5-10-7-17-8-12(9)10/h4-6H,7-8H2,1-3H3/t18-/m0/s1. The first kappa shape index (κ1) is 13.9. The molecule has 0 N–H and O–H groups in total. The van der Waals surface area contributed by atoms with Gasteiger partial charge >= 0.3 is 0 Å². The third-order valence-corrected chi connectivity index (χ3v) is 4.22. The first-order valence-corrected chi connectivity index (χ1v) is 7.21. The van der Waals surface area contributed by atoms with Crippen LogP contribution >= 0.6 is 11.6 Å². The van der Waals surface area contributed by atoms with Gasteiger partial charge in [-0.15, -0.1) is 0 Å². The molecule has 0 spiro atoms. The molecule has 0 fully saturated rings. The number of hydrogen-bond acceptors (Lipinski definition) is 3. The van der Waals surface area contributed by atoms with E-state index in [0.717, 1.165) is 16.7 Å². The lowest BCUT2D eigenvalue weighted by Crippen LogP contribution is -2.25. The van der Waals surface area contributed by atoms with Crippen molar-refractivity contribution in [1.82, 2.24) is 0 Å². The minimum atomic E-state index is -1.26. The third-order valence-electron chi connectivity index (χ3n) is 2.66. The van der Waals surface area contributed by atoms with Crippen LogP contribution in [0.5, 0.6) is 0 Å². The van der Waals surface area contributed by atoms with E-state index in [4.69, 9.17) is 16.3 Å². The van der Waals surface area contributed by atoms with Gasteiger partial charge in [-0.05, 0) is 44.0 Å². The molecule has 0 unspecified atom stereocenters. The van der Waals surface area contributed by atoms with E-state index in [9.17, 15) is 4.55 Å². The Morgan fingerprint density at radius 3 is 2.78 bits per heavy atom. The Labute approximate surface area is 116 Å². The minimum Gasteiger partial charge on any atom is -0.591 e. The molecule has 1 heterocycles. The Balaban J connectivity index is 2.27. The average Bonchev–Trinajstić information content (AvgIpc) is 2.71. The van der Waals surface area contributed by atoms with E-state index in [1.807, 2.05) is 32.9 Å². The summed E-state index contributed by atoms with van der Waals surface area (Å²) in [6.07, 6.45) is 1.64. The van der Waals surface area contributed by atoms with Gasteiger partial charge in [-0.2, -0.15) is 0 Å². The maximum absolute atomic E-state index is 11.9. The van der Waals surface area contributed by atoms with Crippen LogP contribution in [0, 0.1) is 0 Å². The summed E-state index contributed by atoms with van der Waals surface area (Å²) in [5, 5.41) is 0.655. The van der Waals surface area contributed by atoms with Gasteiger partial charge in [-0.3, -0.25) is 0 Å². The molecule has 5 heteroatoms. The van der Waals surface area contributed by atoms with E-state index in [1.54, 1.807) is 6.21 Å². The molecule has 0 aromatic heterocycles. The Morgan fingerprint density at radius 1 is 1.39 bits per heavy atom. The molecule has 0 saturated heterocycles. The summed E-state index contributed by atoms with van der Waals surface area (Å²) in [5.74, 6) is 0. The van der Waals surface area contributed by atoms with Crippen molar-refractivity contribution in [3.05, 3.63) is 33.8 Å². The van der Waals surface area contributed by atoms with Crippen LogP contribution in [0.25, 0.3) is 0 Å². The van der Waals surface area contributed by atoms with Crippen molar-refractivity contribution in [3.63, 3.8) is 0 Å². The lowest BCUT2D eigenvalue weighted by atomic mass is 10.0. The summed E-state index contributed by atoms with van der Waals surface area (Å²) in [4.78, 5) is 0. The van der Waals surface area contributed by atoms with Crippen LogP contribution in [0.2, 0.25) is 5.02 Å². The smallest absolute Gasteiger partial charge is 0.144 e. The molecule has 0 aliphatic carbocycles. The number of ether oxygens (including phenoxy) is 1. The highest BCUT2D eigenvalue weighted by Gasteiger charge is 2.26. The topological polar surface area (TPSA) is 44.7 Å². The Bertz CT molecular complexity index is 483. The second kappa shape index (κ2) is 5.21. The van der Waals surface area contributed by atoms with E-state index >= 15 is 0 Å². The van der Waals surface area contributed by atoms with Crippen molar-refractivity contribution in [3.8, 4) is 0 Å². The lowest BCUT2D eigenvalue weighted by Gasteiger charge is -2.17. The van der Waals surface area contributed by atoms with Gasteiger partial charge in [0.15, 0.2) is 0 Å². The van der Waals surface area contributed by atoms with Crippen LogP contribution < -0.4 is 0 Å². The molecule has 1 aromatic rings. The van der Waals surface area contributed by atoms with Crippen LogP contribution in [0.3, 0.4) is 0 Å². The van der Waals surface area contributed by atoms with E-state index in [1.165, 1.54) is 0 Å². The summed E-state index contributed by atoms with van der Waals surface area (Å²) in [6, 6.07) is 3.74. The predicted octanol–water partition coefficient (Wildman–Crippen LogP) is 3.25. The zero-order valence-corrected chi connectivity index (χ0v) is 12.3. The fourth-order valence-corrected chi connectivity index (χ4v) is 2.44. The number of hydrogen-bond donors (Lipinski definition) is 0. The van der Waals surface area contributed by atoms with Crippen molar-refractivity contribution >= 4 is 29.2 Å². The summed E-state index contributed by atoms with van der Waals surface area (Å²) in [5.41, 5.74) is 3.08. The molecule has 1 aliphatic heterocycles. The van der Waals surface area contributed by atoms with E-state index in [0.29, 0.717) is 18.2 Å². The summed E-state index contributed by atoms with van der Waals surface area (Å²) >= 11 is 4.79. The Kier molecular flexibility index (Phi) is 4.02. The second-order valence-corrected chi connectivity index (χ2v) is 7.59. The van der Waals surface area contributed by atoms with Gasteiger partial charge in [0, 0.05) is 10.6 Å². The molecular formula is C13H16ClNO2S. The molecule has 1 atom stereocenters. The molecule has 2 rings (SSSR count). The summed E-state index contributed by atoms with van der Waals surface area (Å²) < 4.78 is 21.0. The van der Waals surface area contributed by atoms with Gasteiger partial charge < -0.3 is 9.29 Å². The van der Waals surface area contributed by atoms with E-state index in [-0.39, 0.29) is 4.75 Å². The number of halogens is 1. The van der Waals surface area contributed by atoms with Gasteiger partial charge in [0.1, 0.15) is 16.1 Å². The van der Waals surface area contributed by atoms with Crippen molar-refractivity contribution in [2.75, 3.05) is 0 Å². The highest BCUT2D eigenvalue weighted by atomic mass is 35.5. The van der Waals surface area contributed by atoms with Crippen LogP contribution in [0.4, 0.5) is 0 Å². The number of fused-ring (bicyclic) bond motifs is 1. The quantitative estimate of drug-likeness (QED) is 0.618. The molecule has 0 saturated carbocycles. The van der Waals surface area contributed by atoms with Gasteiger partial charge in [0.05, 0.1) is 19.4 Å². The first-order valence-electron chi connectivity index (χ1n) is 5.73. The summed E-state index contributed by atoms with van der Waals surface area (Å²) in [6.45, 7) is 6.83. The molecule has 0 radical (unpaired) electrons. The van der Waals surface area contributed by atoms with Crippen molar-refractivity contribution in [2.24, 2.45) is 4.40 Å². The van der Waals surface area contributed by atoms with Gasteiger partial charge in [-0.1, -0.05) is 16.0 Å². The van der Waals surface area contributed by atoms with Crippen molar-refractivity contribution < 1.29 is 9.29 Å². The fourth-order valence-electron chi connectivity index (χ4n) is 1.66. The highest BCUT2D eigenvalue weighted by molar-refractivity contribution is 7.91. The molecule has 1 aromatic carbocycles. The van der Waals surface area contributed by atoms with Crippen molar-refractivity contribution in [1.29, 1.82) is 0 Å². The number of benzene rings is 1. The Morgan fingerprint density at radius 2 is 2.11 bits per heavy atom. The third kappa shape index (κ3) is 3.06. The normalized spacial score (nSPS) is 17.2. The van der Waals surface area contributed by atoms with Crippen LogP contribution in [0.15, 0.2) is 16.5 Å². The van der Waals surface area contributed by atoms with Crippen molar-refractivity contribution in [2.45, 2.75) is 38.7 Å². The monoisotopic (exact) mass is 285 g/mol. The Hall–Kier alpha value is -0.550. The largest absolute Gasteiger partial charge is 0.591 e. The van der Waals surface area contributed by atoms with E-state index < -0.39 is 11.4 Å². The molecule has 3 nitrogen and oxygen atoms in total. The van der Waals surface area contributed by atoms with Gasteiger partial charge in [-0.25, -0.2) is 0 Å². The number of rotatable bonds is 2. The zero-order chi connectivity index (χ0) is 13.3. The first-order chi connectivity index (χ1) is 8.38. The zero-order valence-electron chi connectivity index (χ0n) is 10.7. The maximum Gasteiger partial charge on any atom is 0.144 e. The lowest BCUT2D eigenvalue weighted by molar-refractivity contribution is 0.134. The maximum atomic E-state index is 11.9. The van der Waals surface area contributed by atoms with Crippen LogP contribution in [-0.2, 0) is 29.3 Å². The van der Waals surface area contributed by atoms with E-state index in [2.05, 4.69) is 4.40 Å². The molecule has 0 bridgehead atoms. The van der Waals surface area contributed by atoms with Gasteiger partial charge in [0.25, 0.3) is 0 Å². The fraction of sp³-hybridized carbons (Fsp3) is 0.462. The molecule has 0 amide bonds. The predicted molar refractivity (Wildman–Crippen MR) is 75.4 cm³/mol. The molecular weight excluding hydrogens is 270 g/mol. The van der Waals surface area contributed by atoms with Gasteiger partial charge in [0.2, 0.25) is 0 Å². The average molecular weight is 286 g/mol. The molecule has 98 valence electrons. The SMILES string of the molecule is CC(C)(C)[S@+]([O-])N=Cc1cc(Cl)cc2c1COC2. The second-order valence-electron chi connectivity index (χ2n) is 5.22. The summed E-state index contributed by atoms with van der Waals surface area (Å²) in [7, 11) is 0. The van der Waals surface area contributed by atoms with Crippen LogP contribution in [-0.4, -0.2) is 15.5 Å². The minimum absolute atomic E-state index is 0.352. The highest BCUT2D eigenvalue weighted by Crippen LogP contribution is 2.27.